The number of aromatic nitrogens is 1. The van der Waals surface area contributed by atoms with Crippen molar-refractivity contribution in [2.45, 2.75) is 12.1 Å². The SMILES string of the molecule is CO[C@H]1CNCC1Nc1ccnc(C(N)=O)c1. The molecule has 17 heavy (non-hydrogen) atoms. The largest absolute Gasteiger partial charge is 0.378 e. The van der Waals surface area contributed by atoms with Crippen LogP contribution in [0.1, 0.15) is 10.5 Å². The zero-order valence-electron chi connectivity index (χ0n) is 9.64. The van der Waals surface area contributed by atoms with Crippen LogP contribution in [0.15, 0.2) is 18.3 Å². The van der Waals surface area contributed by atoms with E-state index in [4.69, 9.17) is 10.5 Å². The van der Waals surface area contributed by atoms with E-state index in [1.165, 1.54) is 0 Å². The van der Waals surface area contributed by atoms with Crippen molar-refractivity contribution in [2.75, 3.05) is 25.5 Å². The highest BCUT2D eigenvalue weighted by molar-refractivity contribution is 5.91. The first-order valence-electron chi connectivity index (χ1n) is 5.46. The van der Waals surface area contributed by atoms with E-state index >= 15 is 0 Å². The third-order valence-electron chi connectivity index (χ3n) is 2.83. The van der Waals surface area contributed by atoms with Gasteiger partial charge in [-0.2, -0.15) is 0 Å². The van der Waals surface area contributed by atoms with Crippen LogP contribution < -0.4 is 16.4 Å². The van der Waals surface area contributed by atoms with Crippen molar-refractivity contribution in [3.8, 4) is 0 Å². The second-order valence-electron chi connectivity index (χ2n) is 3.98. The minimum absolute atomic E-state index is 0.125. The minimum atomic E-state index is -0.526. The zero-order chi connectivity index (χ0) is 12.3. The van der Waals surface area contributed by atoms with E-state index in [1.54, 1.807) is 25.4 Å². The van der Waals surface area contributed by atoms with Gasteiger partial charge in [0.2, 0.25) is 0 Å². The highest BCUT2D eigenvalue weighted by atomic mass is 16.5. The Bertz CT molecular complexity index is 410. The van der Waals surface area contributed by atoms with Gasteiger partial charge in [0, 0.05) is 32.1 Å². The molecule has 1 fully saturated rings. The molecular weight excluding hydrogens is 220 g/mol. The molecule has 2 heterocycles. The molecule has 0 saturated carbocycles. The number of carbonyl (C=O) groups is 1. The van der Waals surface area contributed by atoms with Gasteiger partial charge in [0.15, 0.2) is 0 Å². The lowest BCUT2D eigenvalue weighted by Crippen LogP contribution is -2.33. The maximum atomic E-state index is 11.0. The Morgan fingerprint density at radius 2 is 2.47 bits per heavy atom. The molecule has 2 atom stereocenters. The van der Waals surface area contributed by atoms with Crippen LogP contribution in [-0.4, -0.2) is 43.2 Å². The molecule has 0 bridgehead atoms. The molecule has 92 valence electrons. The van der Waals surface area contributed by atoms with E-state index in [0.717, 1.165) is 18.8 Å². The predicted octanol–water partition coefficient (Wildman–Crippen LogP) is -0.421. The number of ether oxygens (including phenoxy) is 1. The van der Waals surface area contributed by atoms with Crippen LogP contribution in [0, 0.1) is 0 Å². The van der Waals surface area contributed by atoms with Crippen LogP contribution >= 0.6 is 0 Å². The lowest BCUT2D eigenvalue weighted by atomic mass is 10.2. The minimum Gasteiger partial charge on any atom is -0.378 e. The summed E-state index contributed by atoms with van der Waals surface area (Å²) in [5, 5.41) is 6.54. The summed E-state index contributed by atoms with van der Waals surface area (Å²) < 4.78 is 5.34. The molecule has 4 N–H and O–H groups in total. The molecule has 0 radical (unpaired) electrons. The Hall–Kier alpha value is -1.66. The van der Waals surface area contributed by atoms with Crippen molar-refractivity contribution in [1.82, 2.24) is 10.3 Å². The van der Waals surface area contributed by atoms with Gasteiger partial charge in [0.1, 0.15) is 5.69 Å². The van der Waals surface area contributed by atoms with Crippen molar-refractivity contribution in [3.05, 3.63) is 24.0 Å². The molecule has 6 heteroatoms. The highest BCUT2D eigenvalue weighted by Crippen LogP contribution is 2.13. The van der Waals surface area contributed by atoms with E-state index in [-0.39, 0.29) is 17.8 Å². The highest BCUT2D eigenvalue weighted by Gasteiger charge is 2.26. The van der Waals surface area contributed by atoms with Crippen LogP contribution in [-0.2, 0) is 4.74 Å². The monoisotopic (exact) mass is 236 g/mol. The van der Waals surface area contributed by atoms with Gasteiger partial charge in [-0.25, -0.2) is 0 Å². The molecule has 1 aromatic rings. The summed E-state index contributed by atoms with van der Waals surface area (Å²) in [6, 6.07) is 3.63. The fraction of sp³-hybridized carbons (Fsp3) is 0.455. The molecule has 1 amide bonds. The number of primary amides is 1. The maximum absolute atomic E-state index is 11.0. The van der Waals surface area contributed by atoms with Gasteiger partial charge < -0.3 is 21.1 Å². The topological polar surface area (TPSA) is 89.3 Å². The van der Waals surface area contributed by atoms with Gasteiger partial charge in [0.25, 0.3) is 5.91 Å². The first-order chi connectivity index (χ1) is 8.20. The number of amides is 1. The summed E-state index contributed by atoms with van der Waals surface area (Å²) in [5.41, 5.74) is 6.26. The molecule has 1 aliphatic heterocycles. The van der Waals surface area contributed by atoms with Gasteiger partial charge in [-0.1, -0.05) is 0 Å². The van der Waals surface area contributed by atoms with E-state index in [0.29, 0.717) is 0 Å². The van der Waals surface area contributed by atoms with Gasteiger partial charge >= 0.3 is 0 Å². The standard InChI is InChI=1S/C11H16N4O2/c1-17-10-6-13-5-9(10)15-7-2-3-14-8(4-7)11(12)16/h2-4,9-10,13H,5-6H2,1H3,(H2,12,16)(H,14,15)/t9?,10-/m0/s1. The Morgan fingerprint density at radius 1 is 1.65 bits per heavy atom. The molecule has 0 spiro atoms. The van der Waals surface area contributed by atoms with Gasteiger partial charge in [-0.05, 0) is 12.1 Å². The normalized spacial score (nSPS) is 23.6. The Labute approximate surface area is 99.5 Å². The number of pyridine rings is 1. The zero-order valence-corrected chi connectivity index (χ0v) is 9.64. The van der Waals surface area contributed by atoms with Crippen molar-refractivity contribution in [3.63, 3.8) is 0 Å². The third-order valence-corrected chi connectivity index (χ3v) is 2.83. The lowest BCUT2D eigenvalue weighted by Gasteiger charge is -2.19. The summed E-state index contributed by atoms with van der Waals surface area (Å²) in [7, 11) is 1.69. The average Bonchev–Trinajstić information content (AvgIpc) is 2.76. The van der Waals surface area contributed by atoms with E-state index in [9.17, 15) is 4.79 Å². The number of rotatable bonds is 4. The predicted molar refractivity (Wildman–Crippen MR) is 63.8 cm³/mol. The molecule has 6 nitrogen and oxygen atoms in total. The average molecular weight is 236 g/mol. The van der Waals surface area contributed by atoms with Gasteiger partial charge in [0.05, 0.1) is 12.1 Å². The summed E-state index contributed by atoms with van der Waals surface area (Å²) in [5.74, 6) is -0.526. The first kappa shape index (κ1) is 11.8. The molecule has 0 aromatic carbocycles. The summed E-state index contributed by atoms with van der Waals surface area (Å²) >= 11 is 0. The smallest absolute Gasteiger partial charge is 0.267 e. The van der Waals surface area contributed by atoms with Crippen molar-refractivity contribution < 1.29 is 9.53 Å². The van der Waals surface area contributed by atoms with E-state index in [2.05, 4.69) is 15.6 Å². The van der Waals surface area contributed by atoms with Gasteiger partial charge in [-0.3, -0.25) is 9.78 Å². The summed E-state index contributed by atoms with van der Waals surface area (Å²) in [6.07, 6.45) is 1.69. The van der Waals surface area contributed by atoms with Gasteiger partial charge in [-0.15, -0.1) is 0 Å². The number of hydrogen-bond acceptors (Lipinski definition) is 5. The van der Waals surface area contributed by atoms with Crippen molar-refractivity contribution >= 4 is 11.6 Å². The fourth-order valence-electron chi connectivity index (χ4n) is 1.92. The number of carbonyl (C=O) groups excluding carboxylic acids is 1. The third kappa shape index (κ3) is 2.72. The van der Waals surface area contributed by atoms with Crippen LogP contribution in [0.2, 0.25) is 0 Å². The molecule has 1 saturated heterocycles. The second kappa shape index (κ2) is 5.11. The maximum Gasteiger partial charge on any atom is 0.267 e. The quantitative estimate of drug-likeness (QED) is 0.660. The first-order valence-corrected chi connectivity index (χ1v) is 5.46. The number of nitrogens with two attached hydrogens (primary N) is 1. The molecule has 1 aliphatic rings. The number of nitrogens with zero attached hydrogens (tertiary/aromatic N) is 1. The number of hydrogen-bond donors (Lipinski definition) is 3. The summed E-state index contributed by atoms with van der Waals surface area (Å²) in [6.45, 7) is 1.65. The fourth-order valence-corrected chi connectivity index (χ4v) is 1.92. The number of anilines is 1. The molecule has 1 unspecified atom stereocenters. The number of methoxy groups -OCH3 is 1. The van der Waals surface area contributed by atoms with Crippen LogP contribution in [0.25, 0.3) is 0 Å². The molecule has 0 aliphatic carbocycles. The number of nitrogens with one attached hydrogen (secondary N) is 2. The summed E-state index contributed by atoms with van der Waals surface area (Å²) in [4.78, 5) is 14.9. The Kier molecular flexibility index (Phi) is 3.55. The van der Waals surface area contributed by atoms with E-state index in [1.807, 2.05) is 0 Å². The second-order valence-corrected chi connectivity index (χ2v) is 3.98. The van der Waals surface area contributed by atoms with Crippen molar-refractivity contribution in [2.24, 2.45) is 5.73 Å². The molecular formula is C11H16N4O2. The lowest BCUT2D eigenvalue weighted by molar-refractivity contribution is 0.0995. The van der Waals surface area contributed by atoms with Crippen molar-refractivity contribution in [1.29, 1.82) is 0 Å². The van der Waals surface area contributed by atoms with E-state index < -0.39 is 5.91 Å². The van der Waals surface area contributed by atoms with Crippen LogP contribution in [0.5, 0.6) is 0 Å². The Balaban J connectivity index is 2.07. The molecule has 1 aromatic heterocycles. The van der Waals surface area contributed by atoms with Crippen LogP contribution in [0.4, 0.5) is 5.69 Å². The van der Waals surface area contributed by atoms with Crippen LogP contribution in [0.3, 0.4) is 0 Å². The molecule has 2 rings (SSSR count). The Morgan fingerprint density at radius 3 is 3.18 bits per heavy atom.